The first-order chi connectivity index (χ1) is 9.52. The maximum atomic E-state index is 13.7. The normalized spacial score (nSPS) is 10.5. The van der Waals surface area contributed by atoms with Gasteiger partial charge in [0.05, 0.1) is 18.6 Å². The summed E-state index contributed by atoms with van der Waals surface area (Å²) >= 11 is 0.943. The van der Waals surface area contributed by atoms with Crippen LogP contribution in [0.15, 0.2) is 23.4 Å². The van der Waals surface area contributed by atoms with E-state index in [9.17, 15) is 9.18 Å². The van der Waals surface area contributed by atoms with Gasteiger partial charge >= 0.3 is 5.97 Å². The van der Waals surface area contributed by atoms with Crippen LogP contribution in [0.1, 0.15) is 0 Å². The van der Waals surface area contributed by atoms with Gasteiger partial charge in [-0.1, -0.05) is 11.8 Å². The minimum absolute atomic E-state index is 0.0439. The van der Waals surface area contributed by atoms with E-state index in [1.807, 2.05) is 0 Å². The molecule has 0 unspecified atom stereocenters. The number of anilines is 1. The number of benzene rings is 1. The van der Waals surface area contributed by atoms with Gasteiger partial charge in [0, 0.05) is 6.07 Å². The summed E-state index contributed by atoms with van der Waals surface area (Å²) in [4.78, 5) is 10.6. The zero-order valence-electron chi connectivity index (χ0n) is 10.4. The predicted octanol–water partition coefficient (Wildman–Crippen LogP) is 1.17. The number of hydrogen-bond donors (Lipinski definition) is 2. The second-order valence-electron chi connectivity index (χ2n) is 3.68. The fourth-order valence-electron chi connectivity index (χ4n) is 1.54. The molecule has 0 aliphatic rings. The highest BCUT2D eigenvalue weighted by atomic mass is 32.2. The van der Waals surface area contributed by atoms with Crippen molar-refractivity contribution in [1.29, 1.82) is 0 Å². The smallest absolute Gasteiger partial charge is 0.313 e. The number of thioether (sulfide) groups is 1. The minimum Gasteiger partial charge on any atom is -0.494 e. The van der Waals surface area contributed by atoms with E-state index in [-0.39, 0.29) is 22.6 Å². The molecule has 0 saturated heterocycles. The van der Waals surface area contributed by atoms with E-state index in [0.29, 0.717) is 5.69 Å². The maximum Gasteiger partial charge on any atom is 0.313 e. The van der Waals surface area contributed by atoms with Crippen LogP contribution in [0.25, 0.3) is 5.69 Å². The summed E-state index contributed by atoms with van der Waals surface area (Å²) in [6.07, 6.45) is 0. The summed E-state index contributed by atoms with van der Waals surface area (Å²) in [7, 11) is 1.36. The lowest BCUT2D eigenvalue weighted by Gasteiger charge is -2.09. The molecule has 0 saturated carbocycles. The molecule has 2 aromatic rings. The number of ether oxygens (including phenoxy) is 1. The number of methoxy groups -OCH3 is 1. The van der Waals surface area contributed by atoms with Crippen LogP contribution in [0, 0.1) is 5.82 Å². The van der Waals surface area contributed by atoms with Crippen molar-refractivity contribution in [3.63, 3.8) is 0 Å². The SMILES string of the molecule is COc1ccc(-n2c(N)nnc2SCC(=O)O)cc1F. The van der Waals surface area contributed by atoms with Crippen LogP contribution in [0.3, 0.4) is 0 Å². The quantitative estimate of drug-likeness (QED) is 0.799. The molecule has 0 atom stereocenters. The van der Waals surface area contributed by atoms with Gasteiger partial charge in [-0.05, 0) is 12.1 Å². The molecule has 2 rings (SSSR count). The number of rotatable bonds is 5. The standard InChI is InChI=1S/C11H11FN4O3S/c1-19-8-3-2-6(4-7(8)12)16-10(13)14-15-11(16)20-5-9(17)18/h2-4H,5H2,1H3,(H2,13,14)(H,17,18). The van der Waals surface area contributed by atoms with E-state index >= 15 is 0 Å². The van der Waals surface area contributed by atoms with E-state index in [1.165, 1.54) is 23.8 Å². The topological polar surface area (TPSA) is 103 Å². The van der Waals surface area contributed by atoms with Gasteiger partial charge in [-0.3, -0.25) is 9.36 Å². The number of aromatic nitrogens is 3. The Morgan fingerprint density at radius 2 is 2.30 bits per heavy atom. The number of hydrogen-bond acceptors (Lipinski definition) is 6. The van der Waals surface area contributed by atoms with Crippen molar-refractivity contribution in [3.05, 3.63) is 24.0 Å². The third kappa shape index (κ3) is 2.82. The summed E-state index contributed by atoms with van der Waals surface area (Å²) in [5.74, 6) is -1.62. The fourth-order valence-corrected chi connectivity index (χ4v) is 2.22. The molecule has 0 aliphatic heterocycles. The second kappa shape index (κ2) is 5.78. The van der Waals surface area contributed by atoms with Gasteiger partial charge in [0.2, 0.25) is 5.95 Å². The Balaban J connectivity index is 2.39. The van der Waals surface area contributed by atoms with Crippen LogP contribution in [0.4, 0.5) is 10.3 Å². The monoisotopic (exact) mass is 298 g/mol. The van der Waals surface area contributed by atoms with Crippen molar-refractivity contribution < 1.29 is 19.0 Å². The second-order valence-corrected chi connectivity index (χ2v) is 4.62. The van der Waals surface area contributed by atoms with Gasteiger partial charge in [0.25, 0.3) is 0 Å². The molecule has 1 aromatic heterocycles. The summed E-state index contributed by atoms with van der Waals surface area (Å²) in [5, 5.41) is 16.4. The van der Waals surface area contributed by atoms with Gasteiger partial charge in [-0.2, -0.15) is 0 Å². The summed E-state index contributed by atoms with van der Waals surface area (Å²) in [6.45, 7) is 0. The van der Waals surface area contributed by atoms with Gasteiger partial charge in [0.15, 0.2) is 16.7 Å². The number of halogens is 1. The Morgan fingerprint density at radius 1 is 1.55 bits per heavy atom. The molecule has 0 aliphatic carbocycles. The molecule has 7 nitrogen and oxygen atoms in total. The molecule has 0 amide bonds. The van der Waals surface area contributed by atoms with E-state index in [4.69, 9.17) is 15.6 Å². The molecule has 1 aromatic carbocycles. The number of carboxylic acid groups (broad SMARTS) is 1. The molecular formula is C11H11FN4O3S. The van der Waals surface area contributed by atoms with E-state index in [1.54, 1.807) is 6.07 Å². The number of aliphatic carboxylic acids is 1. The zero-order valence-corrected chi connectivity index (χ0v) is 11.2. The Bertz CT molecular complexity index is 647. The van der Waals surface area contributed by atoms with Crippen molar-refractivity contribution >= 4 is 23.7 Å². The number of carbonyl (C=O) groups is 1. The highest BCUT2D eigenvalue weighted by Gasteiger charge is 2.15. The molecule has 9 heteroatoms. The molecule has 0 fully saturated rings. The van der Waals surface area contributed by atoms with Crippen LogP contribution in [0.5, 0.6) is 5.75 Å². The Morgan fingerprint density at radius 3 is 2.90 bits per heavy atom. The fraction of sp³-hybridized carbons (Fsp3) is 0.182. The number of nitrogens with zero attached hydrogens (tertiary/aromatic N) is 3. The predicted molar refractivity (Wildman–Crippen MR) is 70.6 cm³/mol. The Labute approximate surface area is 117 Å². The number of nitrogens with two attached hydrogens (primary N) is 1. The van der Waals surface area contributed by atoms with Crippen LogP contribution in [-0.2, 0) is 4.79 Å². The van der Waals surface area contributed by atoms with Crippen molar-refractivity contribution in [2.24, 2.45) is 0 Å². The number of nitrogen functional groups attached to an aromatic ring is 1. The van der Waals surface area contributed by atoms with E-state index < -0.39 is 11.8 Å². The first kappa shape index (κ1) is 14.1. The first-order valence-electron chi connectivity index (χ1n) is 5.42. The summed E-state index contributed by atoms with van der Waals surface area (Å²) < 4.78 is 19.9. The maximum absolute atomic E-state index is 13.7. The van der Waals surface area contributed by atoms with Crippen molar-refractivity contribution in [2.75, 3.05) is 18.6 Å². The van der Waals surface area contributed by atoms with E-state index in [2.05, 4.69) is 10.2 Å². The van der Waals surface area contributed by atoms with Crippen molar-refractivity contribution in [3.8, 4) is 11.4 Å². The molecule has 1 heterocycles. The molecular weight excluding hydrogens is 287 g/mol. The summed E-state index contributed by atoms with van der Waals surface area (Å²) in [5.41, 5.74) is 6.06. The lowest BCUT2D eigenvalue weighted by molar-refractivity contribution is -0.133. The molecule has 0 bridgehead atoms. The highest BCUT2D eigenvalue weighted by Crippen LogP contribution is 2.26. The van der Waals surface area contributed by atoms with Crippen LogP contribution in [0.2, 0.25) is 0 Å². The molecule has 0 radical (unpaired) electrons. The van der Waals surface area contributed by atoms with Crippen LogP contribution >= 0.6 is 11.8 Å². The highest BCUT2D eigenvalue weighted by molar-refractivity contribution is 7.99. The third-order valence-electron chi connectivity index (χ3n) is 2.38. The largest absolute Gasteiger partial charge is 0.494 e. The van der Waals surface area contributed by atoms with Gasteiger partial charge in [-0.25, -0.2) is 4.39 Å². The van der Waals surface area contributed by atoms with Gasteiger partial charge < -0.3 is 15.6 Å². The first-order valence-corrected chi connectivity index (χ1v) is 6.41. The third-order valence-corrected chi connectivity index (χ3v) is 3.29. The zero-order chi connectivity index (χ0) is 14.7. The lowest BCUT2D eigenvalue weighted by atomic mass is 10.3. The van der Waals surface area contributed by atoms with Crippen LogP contribution < -0.4 is 10.5 Å². The van der Waals surface area contributed by atoms with Crippen molar-refractivity contribution in [2.45, 2.75) is 5.16 Å². The van der Waals surface area contributed by atoms with Crippen LogP contribution in [-0.4, -0.2) is 38.7 Å². The molecule has 3 N–H and O–H groups in total. The van der Waals surface area contributed by atoms with Crippen molar-refractivity contribution in [1.82, 2.24) is 14.8 Å². The lowest BCUT2D eigenvalue weighted by Crippen LogP contribution is -2.05. The average Bonchev–Trinajstić information content (AvgIpc) is 2.77. The van der Waals surface area contributed by atoms with E-state index in [0.717, 1.165) is 11.8 Å². The number of carboxylic acids is 1. The molecule has 0 spiro atoms. The Hall–Kier alpha value is -2.29. The Kier molecular flexibility index (Phi) is 4.08. The molecule has 106 valence electrons. The average molecular weight is 298 g/mol. The van der Waals surface area contributed by atoms with Gasteiger partial charge in [0.1, 0.15) is 0 Å². The van der Waals surface area contributed by atoms with Gasteiger partial charge in [-0.15, -0.1) is 10.2 Å². The molecule has 20 heavy (non-hydrogen) atoms. The minimum atomic E-state index is -0.996. The summed E-state index contributed by atoms with van der Waals surface area (Å²) in [6, 6.07) is 4.23.